The quantitative estimate of drug-likeness (QED) is 0.147. The predicted molar refractivity (Wildman–Crippen MR) is 220 cm³/mol. The van der Waals surface area contributed by atoms with Crippen molar-refractivity contribution in [2.45, 2.75) is 172 Å². The van der Waals surface area contributed by atoms with Crippen molar-refractivity contribution in [2.75, 3.05) is 14.2 Å². The molecule has 1 aromatic carbocycles. The molecule has 2 heterocycles. The molecule has 6 aliphatic rings. The summed E-state index contributed by atoms with van der Waals surface area (Å²) in [6.07, 6.45) is -2.99. The summed E-state index contributed by atoms with van der Waals surface area (Å²) in [7, 11) is 3.03. The Bertz CT molecular complexity index is 1870. The van der Waals surface area contributed by atoms with Crippen LogP contribution in [0, 0.1) is 28.6 Å². The Balaban J connectivity index is 1.22. The average Bonchev–Trinajstić information content (AvgIpc) is 3.53. The van der Waals surface area contributed by atoms with Crippen molar-refractivity contribution in [1.29, 1.82) is 0 Å². The van der Waals surface area contributed by atoms with Crippen LogP contribution >= 0.6 is 0 Å². The second-order valence-electron chi connectivity index (χ2n) is 19.0. The number of esters is 2. The maximum Gasteiger partial charge on any atom is 0.338 e. The van der Waals surface area contributed by atoms with Gasteiger partial charge in [0.05, 0.1) is 30.0 Å². The lowest BCUT2D eigenvalue weighted by atomic mass is 9.41. The number of allylic oxidation sites excluding steroid dienone is 2. The number of aliphatic hydroxyl groups excluding tert-OH is 2. The summed E-state index contributed by atoms with van der Waals surface area (Å²) >= 11 is 0. The number of carbonyl (C=O) groups excluding carboxylic acids is 3. The molecule has 3 saturated carbocycles. The highest BCUT2D eigenvalue weighted by atomic mass is 16.7. The molecular formula is C47H66O14. The number of ketones is 1. The van der Waals surface area contributed by atoms with E-state index in [1.54, 1.807) is 71.2 Å². The molecule has 7 rings (SSSR count). The van der Waals surface area contributed by atoms with E-state index in [1.807, 2.05) is 19.9 Å². The zero-order valence-corrected chi connectivity index (χ0v) is 36.9. The highest BCUT2D eigenvalue weighted by Crippen LogP contribution is 2.71. The van der Waals surface area contributed by atoms with Crippen LogP contribution in [-0.2, 0) is 42.7 Å². The molecule has 14 nitrogen and oxygen atoms in total. The molecule has 18 atom stereocenters. The molecule has 2 saturated heterocycles. The number of benzene rings is 1. The minimum atomic E-state index is -1.90. The van der Waals surface area contributed by atoms with Gasteiger partial charge in [0, 0.05) is 43.5 Å². The molecule has 0 spiro atoms. The Kier molecular flexibility index (Phi) is 12.9. The monoisotopic (exact) mass is 854 g/mol. The van der Waals surface area contributed by atoms with Crippen LogP contribution in [0.1, 0.15) is 104 Å². The summed E-state index contributed by atoms with van der Waals surface area (Å²) in [6.45, 7) is 12.1. The minimum Gasteiger partial charge on any atom is -0.454 e. The SMILES string of the molecule is C/C=C(\C)C(=O)O[C@@H]1[C@@H](OC(=O)c2ccccc2)[C@@H]2[C@@]3(C)CC[C@H]([C@H]4C[C@@H](OC)[C@H](O[C@@H]5O[C@H](C)[C@@H](O)[C@@H](OC)[C@H]5O)[C@@H](C)O4)CC3=CC[C@@]2(O)[C@@]2(O)CC[C@H](C(C)=O)[C@@]12C. The van der Waals surface area contributed by atoms with Gasteiger partial charge in [0.2, 0.25) is 0 Å². The number of carbonyl (C=O) groups is 3. The first kappa shape index (κ1) is 46.0. The lowest BCUT2D eigenvalue weighted by molar-refractivity contribution is -0.332. The topological polar surface area (TPSA) is 197 Å². The van der Waals surface area contributed by atoms with E-state index in [4.69, 9.17) is 33.2 Å². The summed E-state index contributed by atoms with van der Waals surface area (Å²) in [6, 6.07) is 8.49. The van der Waals surface area contributed by atoms with Gasteiger partial charge in [-0.05, 0) is 96.6 Å². The highest BCUT2D eigenvalue weighted by molar-refractivity contribution is 5.90. The van der Waals surface area contributed by atoms with Gasteiger partial charge < -0.3 is 53.6 Å². The van der Waals surface area contributed by atoms with Gasteiger partial charge in [0.1, 0.15) is 53.6 Å². The number of Topliss-reactive ketones (excluding diaryl/α,β-unsaturated/α-hetero) is 1. The van der Waals surface area contributed by atoms with Crippen LogP contribution in [0.4, 0.5) is 0 Å². The highest BCUT2D eigenvalue weighted by Gasteiger charge is 2.81. The molecule has 0 radical (unpaired) electrons. The number of ether oxygens (including phenoxy) is 7. The number of fused-ring (bicyclic) bond motifs is 5. The lowest BCUT2D eigenvalue weighted by Crippen LogP contribution is -2.80. The first-order valence-electron chi connectivity index (χ1n) is 21.9. The van der Waals surface area contributed by atoms with E-state index in [2.05, 4.69) is 0 Å². The van der Waals surface area contributed by atoms with Gasteiger partial charge in [0.15, 0.2) is 6.29 Å². The van der Waals surface area contributed by atoms with Gasteiger partial charge in [-0.1, -0.05) is 49.8 Å². The van der Waals surface area contributed by atoms with Crippen LogP contribution in [-0.4, -0.2) is 131 Å². The number of hydrogen-bond acceptors (Lipinski definition) is 14. The van der Waals surface area contributed by atoms with Gasteiger partial charge in [-0.25, -0.2) is 9.59 Å². The van der Waals surface area contributed by atoms with Crippen LogP contribution < -0.4 is 0 Å². The maximum atomic E-state index is 14.2. The molecule has 4 aliphatic carbocycles. The van der Waals surface area contributed by atoms with Gasteiger partial charge >= 0.3 is 11.9 Å². The smallest absolute Gasteiger partial charge is 0.338 e. The summed E-state index contributed by atoms with van der Waals surface area (Å²) in [5.41, 5.74) is -4.54. The van der Waals surface area contributed by atoms with Crippen molar-refractivity contribution in [1.82, 2.24) is 0 Å². The fraction of sp³-hybridized carbons (Fsp3) is 0.723. The molecule has 61 heavy (non-hydrogen) atoms. The Hall–Kier alpha value is -3.05. The molecule has 0 bridgehead atoms. The molecule has 2 aliphatic heterocycles. The molecule has 4 N–H and O–H groups in total. The van der Waals surface area contributed by atoms with E-state index in [0.29, 0.717) is 31.3 Å². The van der Waals surface area contributed by atoms with Crippen molar-refractivity contribution in [3.05, 3.63) is 59.2 Å². The summed E-state index contributed by atoms with van der Waals surface area (Å²) in [5.74, 6) is -3.26. The van der Waals surface area contributed by atoms with Crippen molar-refractivity contribution >= 4 is 17.7 Å². The standard InChI is InChI=1S/C47H66O14/c1-10-24(2)41(51)61-40-38(59-42(52)28-14-12-11-13-15-28)39-44(6)19-16-29(22-30(44)17-20-46(39,53)47(54)21-18-31(25(3)48)45(40,47)7)32-23-33(55-8)36(27(5)57-32)60-43-35(50)37(56-9)34(49)26(4)58-43/h10-15,17,26-27,29,31-40,43,49-50,53-54H,16,18-23H2,1-9H3/b24-10+/t26-,27-,29+,31-,32-,33-,34-,35-,36-,37-,38+,39-,40-,43+,44+,45+,46+,47-/m1/s1. The number of hydrogen-bond donors (Lipinski definition) is 4. The Morgan fingerprint density at radius 3 is 2.21 bits per heavy atom. The number of aliphatic hydroxyl groups is 4. The second kappa shape index (κ2) is 17.2. The molecule has 0 amide bonds. The molecule has 0 unspecified atom stereocenters. The number of rotatable bonds is 10. The summed E-state index contributed by atoms with van der Waals surface area (Å²) in [5, 5.41) is 48.0. The van der Waals surface area contributed by atoms with E-state index in [9.17, 15) is 34.8 Å². The zero-order chi connectivity index (χ0) is 44.4. The molecule has 338 valence electrons. The lowest BCUT2D eigenvalue weighted by Gasteiger charge is -2.68. The van der Waals surface area contributed by atoms with Crippen LogP contribution in [0.5, 0.6) is 0 Å². The van der Waals surface area contributed by atoms with Gasteiger partial charge in [0.25, 0.3) is 0 Å². The fourth-order valence-electron chi connectivity index (χ4n) is 12.5. The van der Waals surface area contributed by atoms with E-state index in [1.165, 1.54) is 14.0 Å². The molecule has 1 aromatic rings. The molecule has 5 fully saturated rings. The van der Waals surface area contributed by atoms with Gasteiger partial charge in [-0.3, -0.25) is 4.79 Å². The fourth-order valence-corrected chi connectivity index (χ4v) is 12.5. The molecule has 14 heteroatoms. The van der Waals surface area contributed by atoms with Crippen molar-refractivity contribution < 1.29 is 68.0 Å². The van der Waals surface area contributed by atoms with Crippen molar-refractivity contribution in [3.8, 4) is 0 Å². The third-order valence-corrected chi connectivity index (χ3v) is 16.0. The summed E-state index contributed by atoms with van der Waals surface area (Å²) in [4.78, 5) is 41.5. The van der Waals surface area contributed by atoms with Crippen molar-refractivity contribution in [2.24, 2.45) is 28.6 Å². The number of methoxy groups -OCH3 is 2. The van der Waals surface area contributed by atoms with E-state index in [0.717, 1.165) is 5.57 Å². The molecule has 0 aromatic heterocycles. The predicted octanol–water partition coefficient (Wildman–Crippen LogP) is 4.38. The van der Waals surface area contributed by atoms with E-state index >= 15 is 0 Å². The Morgan fingerprint density at radius 2 is 1.57 bits per heavy atom. The Morgan fingerprint density at radius 1 is 0.869 bits per heavy atom. The molecular weight excluding hydrogens is 789 g/mol. The second-order valence-corrected chi connectivity index (χ2v) is 19.0. The normalized spacial score (nSPS) is 46.0. The van der Waals surface area contributed by atoms with Crippen molar-refractivity contribution in [3.63, 3.8) is 0 Å². The van der Waals surface area contributed by atoms with Crippen LogP contribution in [0.2, 0.25) is 0 Å². The minimum absolute atomic E-state index is 0.0120. The first-order chi connectivity index (χ1) is 28.8. The van der Waals surface area contributed by atoms with Crippen LogP contribution in [0.25, 0.3) is 0 Å². The van der Waals surface area contributed by atoms with E-state index < -0.39 is 107 Å². The maximum absolute atomic E-state index is 14.2. The third kappa shape index (κ3) is 7.35. The largest absolute Gasteiger partial charge is 0.454 e. The first-order valence-corrected chi connectivity index (χ1v) is 21.9. The van der Waals surface area contributed by atoms with Gasteiger partial charge in [-0.2, -0.15) is 0 Å². The van der Waals surface area contributed by atoms with Gasteiger partial charge in [-0.15, -0.1) is 0 Å². The van der Waals surface area contributed by atoms with Crippen LogP contribution in [0.15, 0.2) is 53.6 Å². The average molecular weight is 855 g/mol. The summed E-state index contributed by atoms with van der Waals surface area (Å²) < 4.78 is 43.3. The zero-order valence-electron chi connectivity index (χ0n) is 36.9. The van der Waals surface area contributed by atoms with Crippen LogP contribution in [0.3, 0.4) is 0 Å². The van der Waals surface area contributed by atoms with E-state index in [-0.39, 0.29) is 42.6 Å². The Labute approximate surface area is 358 Å². The third-order valence-electron chi connectivity index (χ3n) is 16.0.